The van der Waals surface area contributed by atoms with E-state index in [2.05, 4.69) is 5.32 Å². The topological polar surface area (TPSA) is 41.6 Å². The third-order valence-corrected chi connectivity index (χ3v) is 3.11. The van der Waals surface area contributed by atoms with Crippen LogP contribution in [0.3, 0.4) is 0 Å². The van der Waals surface area contributed by atoms with Gasteiger partial charge in [-0.05, 0) is 32.2 Å². The smallest absolute Gasteiger partial charge is 0.251 e. The van der Waals surface area contributed by atoms with Gasteiger partial charge in [0.05, 0.1) is 0 Å². The highest BCUT2D eigenvalue weighted by Gasteiger charge is 2.26. The molecule has 4 nitrogen and oxygen atoms in total. The van der Waals surface area contributed by atoms with Crippen LogP contribution in [0.25, 0.3) is 0 Å². The summed E-state index contributed by atoms with van der Waals surface area (Å²) >= 11 is 0. The fourth-order valence-electron chi connectivity index (χ4n) is 2.21. The fourth-order valence-corrected chi connectivity index (χ4v) is 2.21. The molecule has 1 atom stereocenters. The largest absolute Gasteiger partial charge is 0.368 e. The first-order valence-corrected chi connectivity index (χ1v) is 5.99. The summed E-state index contributed by atoms with van der Waals surface area (Å²) in [5, 5.41) is 3.30. The Balaban J connectivity index is 1.87. The van der Waals surface area contributed by atoms with Gasteiger partial charge in [0.15, 0.2) is 0 Å². The molecule has 1 N–H and O–H groups in total. The quantitative estimate of drug-likeness (QED) is 0.683. The van der Waals surface area contributed by atoms with Gasteiger partial charge in [0.25, 0.3) is 5.91 Å². The van der Waals surface area contributed by atoms with Gasteiger partial charge in [-0.25, -0.2) is 0 Å². The van der Waals surface area contributed by atoms with Crippen molar-refractivity contribution in [2.24, 2.45) is 0 Å². The molecule has 2 heterocycles. The average Bonchev–Trinajstić information content (AvgIpc) is 2.58. The molecule has 0 aromatic rings. The van der Waals surface area contributed by atoms with E-state index < -0.39 is 0 Å². The SMILES string of the molecule is O=C([C@H]1CCCCO1)N1CCCNCC1. The van der Waals surface area contributed by atoms with E-state index in [0.717, 1.165) is 58.5 Å². The van der Waals surface area contributed by atoms with Crippen molar-refractivity contribution in [1.29, 1.82) is 0 Å². The predicted octanol–water partition coefficient (Wildman–Crippen LogP) is 0.377. The molecule has 15 heavy (non-hydrogen) atoms. The van der Waals surface area contributed by atoms with Crippen LogP contribution in [-0.2, 0) is 9.53 Å². The second kappa shape index (κ2) is 5.47. The van der Waals surface area contributed by atoms with Crippen LogP contribution in [0, 0.1) is 0 Å². The Morgan fingerprint density at radius 2 is 2.13 bits per heavy atom. The zero-order chi connectivity index (χ0) is 10.5. The van der Waals surface area contributed by atoms with Crippen molar-refractivity contribution in [2.75, 3.05) is 32.8 Å². The molecule has 2 aliphatic heterocycles. The molecule has 0 bridgehead atoms. The number of rotatable bonds is 1. The van der Waals surface area contributed by atoms with E-state index in [1.54, 1.807) is 0 Å². The van der Waals surface area contributed by atoms with Crippen molar-refractivity contribution in [3.8, 4) is 0 Å². The Bertz CT molecular complexity index is 207. The minimum Gasteiger partial charge on any atom is -0.368 e. The number of ether oxygens (including phenoxy) is 1. The predicted molar refractivity (Wildman–Crippen MR) is 57.7 cm³/mol. The summed E-state index contributed by atoms with van der Waals surface area (Å²) in [7, 11) is 0. The number of hydrogen-bond acceptors (Lipinski definition) is 3. The fraction of sp³-hybridized carbons (Fsp3) is 0.909. The van der Waals surface area contributed by atoms with Gasteiger partial charge < -0.3 is 15.0 Å². The maximum Gasteiger partial charge on any atom is 0.251 e. The van der Waals surface area contributed by atoms with E-state index >= 15 is 0 Å². The van der Waals surface area contributed by atoms with Crippen LogP contribution >= 0.6 is 0 Å². The van der Waals surface area contributed by atoms with Gasteiger partial charge in [-0.2, -0.15) is 0 Å². The van der Waals surface area contributed by atoms with Crippen LogP contribution in [-0.4, -0.2) is 49.7 Å². The molecular formula is C11H20N2O2. The lowest BCUT2D eigenvalue weighted by Crippen LogP contribution is -2.43. The highest BCUT2D eigenvalue weighted by atomic mass is 16.5. The number of hydrogen-bond donors (Lipinski definition) is 1. The van der Waals surface area contributed by atoms with Crippen LogP contribution in [0.5, 0.6) is 0 Å². The highest BCUT2D eigenvalue weighted by molar-refractivity contribution is 5.81. The molecule has 0 aliphatic carbocycles. The Kier molecular flexibility index (Phi) is 3.97. The number of nitrogens with one attached hydrogen (secondary N) is 1. The highest BCUT2D eigenvalue weighted by Crippen LogP contribution is 2.15. The van der Waals surface area contributed by atoms with Crippen LogP contribution in [0.2, 0.25) is 0 Å². The van der Waals surface area contributed by atoms with Crippen LogP contribution in [0.15, 0.2) is 0 Å². The van der Waals surface area contributed by atoms with Gasteiger partial charge in [-0.1, -0.05) is 0 Å². The first-order chi connectivity index (χ1) is 7.38. The minimum atomic E-state index is -0.156. The first-order valence-electron chi connectivity index (χ1n) is 5.99. The monoisotopic (exact) mass is 212 g/mol. The lowest BCUT2D eigenvalue weighted by Gasteiger charge is -2.28. The van der Waals surface area contributed by atoms with E-state index in [-0.39, 0.29) is 12.0 Å². The number of amides is 1. The zero-order valence-corrected chi connectivity index (χ0v) is 9.21. The normalized spacial score (nSPS) is 28.5. The van der Waals surface area contributed by atoms with Gasteiger partial charge in [0.2, 0.25) is 0 Å². The molecule has 2 saturated heterocycles. The third kappa shape index (κ3) is 2.92. The second-order valence-electron chi connectivity index (χ2n) is 4.28. The summed E-state index contributed by atoms with van der Waals surface area (Å²) in [6.07, 6.45) is 4.03. The van der Waals surface area contributed by atoms with Crippen molar-refractivity contribution in [2.45, 2.75) is 31.8 Å². The minimum absolute atomic E-state index is 0.156. The first kappa shape index (κ1) is 10.9. The lowest BCUT2D eigenvalue weighted by molar-refractivity contribution is -0.146. The van der Waals surface area contributed by atoms with E-state index in [1.807, 2.05) is 4.90 Å². The molecule has 0 aromatic heterocycles. The van der Waals surface area contributed by atoms with Crippen molar-refractivity contribution in [3.63, 3.8) is 0 Å². The molecule has 0 radical (unpaired) electrons. The van der Waals surface area contributed by atoms with Crippen molar-refractivity contribution in [1.82, 2.24) is 10.2 Å². The molecule has 4 heteroatoms. The molecule has 86 valence electrons. The molecule has 0 saturated carbocycles. The Labute approximate surface area is 91.0 Å². The maximum atomic E-state index is 12.1. The van der Waals surface area contributed by atoms with Crippen molar-refractivity contribution in [3.05, 3.63) is 0 Å². The maximum absolute atomic E-state index is 12.1. The lowest BCUT2D eigenvalue weighted by atomic mass is 10.1. The summed E-state index contributed by atoms with van der Waals surface area (Å²) in [6.45, 7) is 4.40. The molecule has 0 spiro atoms. The van der Waals surface area contributed by atoms with Gasteiger partial charge >= 0.3 is 0 Å². The standard InChI is InChI=1S/C11H20N2O2/c14-11(10-4-1-2-9-15-10)13-7-3-5-12-6-8-13/h10,12H,1-9H2/t10-/m1/s1. The zero-order valence-electron chi connectivity index (χ0n) is 9.21. The number of nitrogens with zero attached hydrogens (tertiary/aromatic N) is 1. The molecule has 1 amide bonds. The van der Waals surface area contributed by atoms with Gasteiger partial charge in [0.1, 0.15) is 6.10 Å². The van der Waals surface area contributed by atoms with Gasteiger partial charge in [-0.3, -0.25) is 4.79 Å². The molecule has 0 unspecified atom stereocenters. The molecule has 0 aromatic carbocycles. The average molecular weight is 212 g/mol. The van der Waals surface area contributed by atoms with Gasteiger partial charge in [0, 0.05) is 26.2 Å². The second-order valence-corrected chi connectivity index (χ2v) is 4.28. The number of carbonyl (C=O) groups excluding carboxylic acids is 1. The van der Waals surface area contributed by atoms with Crippen LogP contribution in [0.1, 0.15) is 25.7 Å². The van der Waals surface area contributed by atoms with E-state index in [0.29, 0.717) is 0 Å². The molecule has 2 rings (SSSR count). The van der Waals surface area contributed by atoms with Crippen LogP contribution in [0.4, 0.5) is 0 Å². The molecular weight excluding hydrogens is 192 g/mol. The summed E-state index contributed by atoms with van der Waals surface area (Å²) in [6, 6.07) is 0. The Morgan fingerprint density at radius 3 is 2.93 bits per heavy atom. The molecule has 2 aliphatic rings. The Hall–Kier alpha value is -0.610. The molecule has 2 fully saturated rings. The number of carbonyl (C=O) groups is 1. The summed E-state index contributed by atoms with van der Waals surface area (Å²) < 4.78 is 5.52. The summed E-state index contributed by atoms with van der Waals surface area (Å²) in [5.41, 5.74) is 0. The van der Waals surface area contributed by atoms with E-state index in [9.17, 15) is 4.79 Å². The van der Waals surface area contributed by atoms with Crippen molar-refractivity contribution < 1.29 is 9.53 Å². The summed E-state index contributed by atoms with van der Waals surface area (Å²) in [5.74, 6) is 0.207. The summed E-state index contributed by atoms with van der Waals surface area (Å²) in [4.78, 5) is 14.0. The Morgan fingerprint density at radius 1 is 1.20 bits per heavy atom. The van der Waals surface area contributed by atoms with Crippen molar-refractivity contribution >= 4 is 5.91 Å². The van der Waals surface area contributed by atoms with Crippen LogP contribution < -0.4 is 5.32 Å². The van der Waals surface area contributed by atoms with Gasteiger partial charge in [-0.15, -0.1) is 0 Å². The van der Waals surface area contributed by atoms with E-state index in [1.165, 1.54) is 0 Å². The third-order valence-electron chi connectivity index (χ3n) is 3.11. The van der Waals surface area contributed by atoms with E-state index in [4.69, 9.17) is 4.74 Å².